The average molecular weight is 271 g/mol. The molecule has 0 spiro atoms. The minimum absolute atomic E-state index is 0.0365. The van der Waals surface area contributed by atoms with Gasteiger partial charge in [0.1, 0.15) is 0 Å². The van der Waals surface area contributed by atoms with Gasteiger partial charge in [-0.05, 0) is 12.8 Å². The monoisotopic (exact) mass is 271 g/mol. The van der Waals surface area contributed by atoms with Gasteiger partial charge in [-0.2, -0.15) is 4.98 Å². The van der Waals surface area contributed by atoms with Gasteiger partial charge in [-0.25, -0.2) is 0 Å². The summed E-state index contributed by atoms with van der Waals surface area (Å²) in [5, 5.41) is 6.82. The van der Waals surface area contributed by atoms with Gasteiger partial charge in [0.2, 0.25) is 5.82 Å². The van der Waals surface area contributed by atoms with E-state index in [-0.39, 0.29) is 17.8 Å². The molecular formula is C15H17N3O2. The molecule has 20 heavy (non-hydrogen) atoms. The number of benzene rings is 1. The molecule has 1 saturated carbocycles. The predicted molar refractivity (Wildman–Crippen MR) is 74.1 cm³/mol. The van der Waals surface area contributed by atoms with Gasteiger partial charge in [0.25, 0.3) is 0 Å². The molecule has 104 valence electrons. The minimum Gasteiger partial charge on any atom is -0.345 e. The van der Waals surface area contributed by atoms with E-state index in [1.54, 1.807) is 0 Å². The highest BCUT2D eigenvalue weighted by molar-refractivity contribution is 5.90. The molecule has 0 bridgehead atoms. The number of hydrogen-bond acceptors (Lipinski definition) is 4. The maximum absolute atomic E-state index is 12.1. The molecule has 1 aliphatic carbocycles. The van der Waals surface area contributed by atoms with E-state index in [4.69, 9.17) is 4.52 Å². The fourth-order valence-electron chi connectivity index (χ4n) is 2.51. The van der Waals surface area contributed by atoms with E-state index in [1.807, 2.05) is 30.3 Å². The molecule has 1 aromatic heterocycles. The first-order valence-corrected chi connectivity index (χ1v) is 7.03. The molecule has 0 atom stereocenters. The molecule has 0 radical (unpaired) electrons. The van der Waals surface area contributed by atoms with E-state index in [1.165, 1.54) is 19.3 Å². The summed E-state index contributed by atoms with van der Waals surface area (Å²) in [5.41, 5.74) is 0.841. The second-order valence-electron chi connectivity index (χ2n) is 5.10. The Kier molecular flexibility index (Phi) is 3.76. The smallest absolute Gasteiger partial charge is 0.316 e. The van der Waals surface area contributed by atoms with E-state index in [0.717, 1.165) is 18.4 Å². The van der Waals surface area contributed by atoms with E-state index in [2.05, 4.69) is 15.5 Å². The Labute approximate surface area is 117 Å². The molecule has 1 fully saturated rings. The predicted octanol–water partition coefficient (Wildman–Crippen LogP) is 2.80. The second-order valence-corrected chi connectivity index (χ2v) is 5.10. The molecule has 1 N–H and O–H groups in total. The Bertz CT molecular complexity index is 574. The fraction of sp³-hybridized carbons (Fsp3) is 0.400. The third kappa shape index (κ3) is 2.87. The first kappa shape index (κ1) is 12.8. The zero-order valence-electron chi connectivity index (χ0n) is 11.2. The third-order valence-corrected chi connectivity index (χ3v) is 3.59. The molecule has 0 unspecified atom stereocenters. The van der Waals surface area contributed by atoms with Crippen molar-refractivity contribution in [1.82, 2.24) is 15.5 Å². The van der Waals surface area contributed by atoms with Crippen LogP contribution in [0.25, 0.3) is 11.4 Å². The van der Waals surface area contributed by atoms with Crippen LogP contribution >= 0.6 is 0 Å². The molecule has 1 amide bonds. The van der Waals surface area contributed by atoms with Crippen molar-refractivity contribution in [3.05, 3.63) is 36.2 Å². The van der Waals surface area contributed by atoms with Crippen LogP contribution in [0.5, 0.6) is 0 Å². The summed E-state index contributed by atoms with van der Waals surface area (Å²) in [6, 6.07) is 9.71. The lowest BCUT2D eigenvalue weighted by molar-refractivity contribution is 0.0883. The maximum Gasteiger partial charge on any atom is 0.316 e. The topological polar surface area (TPSA) is 68.0 Å². The van der Waals surface area contributed by atoms with Crippen LogP contribution in [0, 0.1) is 0 Å². The highest BCUT2D eigenvalue weighted by Gasteiger charge is 2.21. The number of aromatic nitrogens is 2. The molecule has 5 nitrogen and oxygen atoms in total. The Morgan fingerprint density at radius 3 is 2.65 bits per heavy atom. The lowest BCUT2D eigenvalue weighted by Gasteiger charge is -2.21. The van der Waals surface area contributed by atoms with Crippen molar-refractivity contribution < 1.29 is 9.32 Å². The normalized spacial score (nSPS) is 16.0. The zero-order valence-corrected chi connectivity index (χ0v) is 11.2. The summed E-state index contributed by atoms with van der Waals surface area (Å²) in [6.07, 6.45) is 5.66. The Hall–Kier alpha value is -2.17. The summed E-state index contributed by atoms with van der Waals surface area (Å²) in [5.74, 6) is 0.209. The quantitative estimate of drug-likeness (QED) is 0.932. The van der Waals surface area contributed by atoms with Gasteiger partial charge in [0.05, 0.1) is 0 Å². The average Bonchev–Trinajstić information content (AvgIpc) is 2.99. The maximum atomic E-state index is 12.1. The van der Waals surface area contributed by atoms with Crippen LogP contribution in [0.15, 0.2) is 34.9 Å². The van der Waals surface area contributed by atoms with Gasteiger partial charge in [-0.15, -0.1) is 0 Å². The summed E-state index contributed by atoms with van der Waals surface area (Å²) in [4.78, 5) is 16.2. The number of carbonyl (C=O) groups is 1. The van der Waals surface area contributed by atoms with Crippen molar-refractivity contribution >= 4 is 5.91 Å². The van der Waals surface area contributed by atoms with Gasteiger partial charge in [-0.3, -0.25) is 4.79 Å². The van der Waals surface area contributed by atoms with Gasteiger partial charge in [0, 0.05) is 11.6 Å². The minimum atomic E-state index is -0.272. The van der Waals surface area contributed by atoms with Crippen molar-refractivity contribution in [2.75, 3.05) is 0 Å². The number of rotatable bonds is 3. The van der Waals surface area contributed by atoms with Crippen LogP contribution < -0.4 is 5.32 Å². The highest BCUT2D eigenvalue weighted by Crippen LogP contribution is 2.18. The summed E-state index contributed by atoms with van der Waals surface area (Å²) < 4.78 is 5.05. The summed E-state index contributed by atoms with van der Waals surface area (Å²) >= 11 is 0. The molecule has 1 aromatic carbocycles. The van der Waals surface area contributed by atoms with Crippen LogP contribution in [-0.2, 0) is 0 Å². The first-order valence-electron chi connectivity index (χ1n) is 7.03. The number of nitrogens with one attached hydrogen (secondary N) is 1. The van der Waals surface area contributed by atoms with E-state index in [9.17, 15) is 4.79 Å². The van der Waals surface area contributed by atoms with Crippen LogP contribution in [0.2, 0.25) is 0 Å². The number of nitrogens with zero attached hydrogens (tertiary/aromatic N) is 2. The van der Waals surface area contributed by atoms with Gasteiger partial charge < -0.3 is 9.84 Å². The van der Waals surface area contributed by atoms with Crippen molar-refractivity contribution in [3.8, 4) is 11.4 Å². The first-order chi connectivity index (χ1) is 9.83. The number of carbonyl (C=O) groups excluding carboxylic acids is 1. The van der Waals surface area contributed by atoms with Crippen LogP contribution in [-0.4, -0.2) is 22.1 Å². The molecule has 5 heteroatoms. The van der Waals surface area contributed by atoms with Crippen LogP contribution in [0.3, 0.4) is 0 Å². The van der Waals surface area contributed by atoms with Gasteiger partial charge >= 0.3 is 11.8 Å². The largest absolute Gasteiger partial charge is 0.345 e. The number of amides is 1. The second kappa shape index (κ2) is 5.86. The standard InChI is InChI=1S/C15H17N3O2/c19-14(16-12-9-5-2-6-10-12)15-17-13(18-20-15)11-7-3-1-4-8-11/h1,3-4,7-8,12H,2,5-6,9-10H2,(H,16,19). The van der Waals surface area contributed by atoms with Crippen molar-refractivity contribution in [3.63, 3.8) is 0 Å². The van der Waals surface area contributed by atoms with Crippen molar-refractivity contribution in [1.29, 1.82) is 0 Å². The molecule has 0 aliphatic heterocycles. The summed E-state index contributed by atoms with van der Waals surface area (Å²) in [7, 11) is 0. The summed E-state index contributed by atoms with van der Waals surface area (Å²) in [6.45, 7) is 0. The molecular weight excluding hydrogens is 254 g/mol. The third-order valence-electron chi connectivity index (χ3n) is 3.59. The van der Waals surface area contributed by atoms with Crippen LogP contribution in [0.4, 0.5) is 0 Å². The van der Waals surface area contributed by atoms with Crippen molar-refractivity contribution in [2.24, 2.45) is 0 Å². The van der Waals surface area contributed by atoms with Gasteiger partial charge in [-0.1, -0.05) is 54.8 Å². The van der Waals surface area contributed by atoms with E-state index in [0.29, 0.717) is 5.82 Å². The Balaban J connectivity index is 1.68. The molecule has 2 aromatic rings. The Morgan fingerprint density at radius 2 is 1.90 bits per heavy atom. The zero-order chi connectivity index (χ0) is 13.8. The molecule has 1 aliphatic rings. The Morgan fingerprint density at radius 1 is 1.15 bits per heavy atom. The lowest BCUT2D eigenvalue weighted by Crippen LogP contribution is -2.36. The van der Waals surface area contributed by atoms with E-state index < -0.39 is 0 Å². The highest BCUT2D eigenvalue weighted by atomic mass is 16.5. The van der Waals surface area contributed by atoms with Crippen LogP contribution in [0.1, 0.15) is 42.8 Å². The molecule has 0 saturated heterocycles. The van der Waals surface area contributed by atoms with E-state index >= 15 is 0 Å². The lowest BCUT2D eigenvalue weighted by atomic mass is 9.95. The van der Waals surface area contributed by atoms with Gasteiger partial charge in [0.15, 0.2) is 0 Å². The number of hydrogen-bond donors (Lipinski definition) is 1. The molecule has 1 heterocycles. The molecule has 3 rings (SSSR count). The van der Waals surface area contributed by atoms with Crippen molar-refractivity contribution in [2.45, 2.75) is 38.1 Å². The fourth-order valence-corrected chi connectivity index (χ4v) is 2.51. The SMILES string of the molecule is O=C(NC1CCCCC1)c1nc(-c2ccccc2)no1.